The summed E-state index contributed by atoms with van der Waals surface area (Å²) in [5.74, 6) is -3.78. The van der Waals surface area contributed by atoms with Crippen LogP contribution >= 0.6 is 0 Å². The molecule has 1 aromatic rings. The fourth-order valence-electron chi connectivity index (χ4n) is 3.45. The number of rotatable bonds is 16. The average molecular weight is 550 g/mol. The Hall–Kier alpha value is -4.40. The summed E-state index contributed by atoms with van der Waals surface area (Å²) >= 11 is 0. The number of nitrogens with zero attached hydrogens (tertiary/aromatic N) is 1. The van der Waals surface area contributed by atoms with Gasteiger partial charge in [-0.05, 0) is 36.5 Å². The maximum absolute atomic E-state index is 13.3. The van der Waals surface area contributed by atoms with E-state index in [-0.39, 0.29) is 43.6 Å². The van der Waals surface area contributed by atoms with Crippen LogP contribution < -0.4 is 44.2 Å². The normalized spacial score (nSPS) is 12.9. The molecular formula is C24H39N9O6. The van der Waals surface area contributed by atoms with Gasteiger partial charge in [-0.15, -0.1) is 0 Å². The molecule has 1 rings (SSSR count). The van der Waals surface area contributed by atoms with E-state index in [9.17, 15) is 29.1 Å². The number of nitrogens with one attached hydrogen (secondary N) is 4. The van der Waals surface area contributed by atoms with Crippen molar-refractivity contribution >= 4 is 35.5 Å². The van der Waals surface area contributed by atoms with Gasteiger partial charge >= 0.3 is 0 Å². The molecule has 0 unspecified atom stereocenters. The lowest BCUT2D eigenvalue weighted by molar-refractivity contribution is -0.134. The second-order valence-corrected chi connectivity index (χ2v) is 9.12. The monoisotopic (exact) mass is 549 g/mol. The number of benzene rings is 1. The van der Waals surface area contributed by atoms with E-state index in [1.54, 1.807) is 26.0 Å². The van der Waals surface area contributed by atoms with Gasteiger partial charge in [0.2, 0.25) is 29.5 Å². The molecule has 216 valence electrons. The fourth-order valence-corrected chi connectivity index (χ4v) is 3.45. The van der Waals surface area contributed by atoms with Crippen molar-refractivity contribution in [2.45, 2.75) is 51.2 Å². The van der Waals surface area contributed by atoms with Gasteiger partial charge in [-0.25, -0.2) is 0 Å². The van der Waals surface area contributed by atoms with Crippen molar-refractivity contribution in [3.05, 3.63) is 29.8 Å². The van der Waals surface area contributed by atoms with Crippen molar-refractivity contribution < 1.29 is 29.1 Å². The summed E-state index contributed by atoms with van der Waals surface area (Å²) in [5, 5.41) is 19.6. The maximum Gasteiger partial charge on any atom is 0.243 e. The van der Waals surface area contributed by atoms with Crippen LogP contribution in [0.5, 0.6) is 5.75 Å². The van der Waals surface area contributed by atoms with Crippen LogP contribution in [-0.2, 0) is 30.4 Å². The minimum atomic E-state index is -1.13. The number of guanidine groups is 1. The van der Waals surface area contributed by atoms with Crippen LogP contribution in [-0.4, -0.2) is 78.4 Å². The Morgan fingerprint density at radius 1 is 0.897 bits per heavy atom. The summed E-state index contributed by atoms with van der Waals surface area (Å²) in [6.07, 6.45) is 0.442. The number of phenols is 1. The third-order valence-corrected chi connectivity index (χ3v) is 5.48. The van der Waals surface area contributed by atoms with E-state index in [2.05, 4.69) is 26.3 Å². The molecule has 0 fully saturated rings. The molecule has 0 radical (unpaired) electrons. The first-order valence-corrected chi connectivity index (χ1v) is 12.3. The van der Waals surface area contributed by atoms with Crippen molar-refractivity contribution in [1.29, 1.82) is 0 Å². The van der Waals surface area contributed by atoms with Crippen molar-refractivity contribution in [1.82, 2.24) is 21.3 Å². The molecule has 15 nitrogen and oxygen atoms in total. The molecule has 0 aliphatic carbocycles. The van der Waals surface area contributed by atoms with Crippen LogP contribution in [0.3, 0.4) is 0 Å². The van der Waals surface area contributed by atoms with E-state index in [1.165, 1.54) is 12.1 Å². The van der Waals surface area contributed by atoms with Gasteiger partial charge in [-0.2, -0.15) is 0 Å². The lowest BCUT2D eigenvalue weighted by atomic mass is 10.0. The SMILES string of the molecule is CC(C)[C@H](NC(=O)[C@H](CCCN=C(N)N)NC(=O)[C@H](Cc1ccc(O)cc1)NC(=O)CN)C(=O)NCC(N)=O. The molecule has 0 saturated carbocycles. The molecule has 0 spiro atoms. The van der Waals surface area contributed by atoms with Crippen LogP contribution in [0.1, 0.15) is 32.3 Å². The van der Waals surface area contributed by atoms with Gasteiger partial charge in [-0.3, -0.25) is 29.0 Å². The Balaban J connectivity index is 3.13. The van der Waals surface area contributed by atoms with Crippen LogP contribution in [0, 0.1) is 5.92 Å². The van der Waals surface area contributed by atoms with Crippen molar-refractivity contribution in [2.75, 3.05) is 19.6 Å². The van der Waals surface area contributed by atoms with E-state index < -0.39 is 54.2 Å². The van der Waals surface area contributed by atoms with Gasteiger partial charge in [0.25, 0.3) is 0 Å². The van der Waals surface area contributed by atoms with E-state index in [0.29, 0.717) is 12.0 Å². The minimum absolute atomic E-state index is 0.0304. The van der Waals surface area contributed by atoms with Crippen LogP contribution in [0.15, 0.2) is 29.3 Å². The smallest absolute Gasteiger partial charge is 0.243 e. The van der Waals surface area contributed by atoms with Crippen molar-refractivity contribution in [3.63, 3.8) is 0 Å². The van der Waals surface area contributed by atoms with Crippen molar-refractivity contribution in [2.24, 2.45) is 33.8 Å². The van der Waals surface area contributed by atoms with Gasteiger partial charge in [-0.1, -0.05) is 26.0 Å². The third-order valence-electron chi connectivity index (χ3n) is 5.48. The standard InChI is InChI=1S/C24H39N9O6/c1-13(2)20(23(39)30-12-18(26)35)33-21(37)16(4-3-9-29-24(27)28)32-22(38)17(31-19(36)11-25)10-14-5-7-15(34)8-6-14/h5-8,13,16-17,20,34H,3-4,9-12,25H2,1-2H3,(H2,26,35)(H,30,39)(H,31,36)(H,32,38)(H,33,37)(H4,27,28,29)/t16-,17-,20-/m0/s1. The number of phenolic OH excluding ortho intramolecular Hbond substituents is 1. The lowest BCUT2D eigenvalue weighted by Gasteiger charge is -2.26. The first-order chi connectivity index (χ1) is 18.3. The first-order valence-electron chi connectivity index (χ1n) is 12.3. The molecule has 1 aromatic carbocycles. The van der Waals surface area contributed by atoms with Crippen LogP contribution in [0.2, 0.25) is 0 Å². The maximum atomic E-state index is 13.3. The summed E-state index contributed by atoms with van der Waals surface area (Å²) < 4.78 is 0. The average Bonchev–Trinajstić information content (AvgIpc) is 2.87. The van der Waals surface area contributed by atoms with Crippen LogP contribution in [0.4, 0.5) is 0 Å². The lowest BCUT2D eigenvalue weighted by Crippen LogP contribution is -2.58. The summed E-state index contributed by atoms with van der Waals surface area (Å²) in [5.41, 5.74) is 21.8. The molecule has 0 bridgehead atoms. The number of nitrogens with two attached hydrogens (primary N) is 4. The molecule has 3 atom stereocenters. The van der Waals surface area contributed by atoms with E-state index in [4.69, 9.17) is 22.9 Å². The molecule has 13 N–H and O–H groups in total. The van der Waals surface area contributed by atoms with Crippen LogP contribution in [0.25, 0.3) is 0 Å². The quantitative estimate of drug-likeness (QED) is 0.0565. The Bertz CT molecular complexity index is 1030. The van der Waals surface area contributed by atoms with Gasteiger partial charge < -0.3 is 49.3 Å². The molecule has 39 heavy (non-hydrogen) atoms. The van der Waals surface area contributed by atoms with Crippen molar-refractivity contribution in [3.8, 4) is 5.75 Å². The zero-order chi connectivity index (χ0) is 29.5. The highest BCUT2D eigenvalue weighted by Crippen LogP contribution is 2.12. The molecule has 0 aliphatic heterocycles. The summed E-state index contributed by atoms with van der Waals surface area (Å²) in [6, 6.07) is 2.78. The number of primary amides is 1. The third kappa shape index (κ3) is 12.6. The Labute approximate surface area is 226 Å². The molecule has 15 heteroatoms. The molecule has 0 aromatic heterocycles. The molecule has 0 aliphatic rings. The highest BCUT2D eigenvalue weighted by atomic mass is 16.3. The summed E-state index contributed by atoms with van der Waals surface area (Å²) in [4.78, 5) is 66.0. The zero-order valence-electron chi connectivity index (χ0n) is 22.1. The topological polar surface area (TPSA) is 270 Å². The number of hydrogen-bond acceptors (Lipinski definition) is 8. The van der Waals surface area contributed by atoms with Gasteiger partial charge in [0.15, 0.2) is 5.96 Å². The minimum Gasteiger partial charge on any atom is -0.508 e. The van der Waals surface area contributed by atoms with E-state index >= 15 is 0 Å². The highest BCUT2D eigenvalue weighted by molar-refractivity contribution is 5.95. The highest BCUT2D eigenvalue weighted by Gasteiger charge is 2.31. The van der Waals surface area contributed by atoms with E-state index in [1.807, 2.05) is 0 Å². The largest absolute Gasteiger partial charge is 0.508 e. The molecule has 0 heterocycles. The summed E-state index contributed by atoms with van der Waals surface area (Å²) in [7, 11) is 0. The predicted octanol–water partition coefficient (Wildman–Crippen LogP) is -3.34. The number of aromatic hydroxyl groups is 1. The molecular weight excluding hydrogens is 510 g/mol. The van der Waals surface area contributed by atoms with Gasteiger partial charge in [0.1, 0.15) is 23.9 Å². The molecule has 5 amide bonds. The second-order valence-electron chi connectivity index (χ2n) is 9.12. The number of carbonyl (C=O) groups is 5. The Morgan fingerprint density at radius 2 is 1.51 bits per heavy atom. The van der Waals surface area contributed by atoms with Gasteiger partial charge in [0, 0.05) is 13.0 Å². The fraction of sp³-hybridized carbons (Fsp3) is 0.500. The predicted molar refractivity (Wildman–Crippen MR) is 144 cm³/mol. The zero-order valence-corrected chi connectivity index (χ0v) is 22.1. The number of hydrogen-bond donors (Lipinski definition) is 9. The Kier molecular flexibility index (Phi) is 13.8. The first kappa shape index (κ1) is 32.6. The Morgan fingerprint density at radius 3 is 2.05 bits per heavy atom. The number of amides is 5. The summed E-state index contributed by atoms with van der Waals surface area (Å²) in [6.45, 7) is 2.79. The number of carbonyl (C=O) groups excluding carboxylic acids is 5. The van der Waals surface area contributed by atoms with Gasteiger partial charge in [0.05, 0.1) is 13.1 Å². The second kappa shape index (κ2) is 16.4. The molecule has 0 saturated heterocycles. The van der Waals surface area contributed by atoms with E-state index in [0.717, 1.165) is 0 Å². The number of aliphatic imine (C=N–C) groups is 1.